The molecule has 1 fully saturated rings. The van der Waals surface area contributed by atoms with Crippen LogP contribution in [0.15, 0.2) is 41.3 Å². The normalized spacial score (nSPS) is 15.5. The summed E-state index contributed by atoms with van der Waals surface area (Å²) in [5.41, 5.74) is 3.76. The molecule has 1 amide bonds. The summed E-state index contributed by atoms with van der Waals surface area (Å²) < 4.78 is 27.6. The molecule has 5 nitrogen and oxygen atoms in total. The van der Waals surface area contributed by atoms with E-state index in [4.69, 9.17) is 0 Å². The highest BCUT2D eigenvalue weighted by Crippen LogP contribution is 2.26. The van der Waals surface area contributed by atoms with Gasteiger partial charge in [-0.25, -0.2) is 8.42 Å². The number of rotatable bonds is 4. The minimum absolute atomic E-state index is 0.244. The first-order valence-electron chi connectivity index (χ1n) is 9.28. The van der Waals surface area contributed by atoms with E-state index in [-0.39, 0.29) is 10.8 Å². The minimum Gasteiger partial charge on any atom is -0.322 e. The maximum Gasteiger partial charge on any atom is 0.255 e. The molecule has 0 aromatic heterocycles. The van der Waals surface area contributed by atoms with E-state index in [2.05, 4.69) is 5.32 Å². The molecular weight excluding hydrogens is 360 g/mol. The van der Waals surface area contributed by atoms with Crippen molar-refractivity contribution >= 4 is 21.6 Å². The van der Waals surface area contributed by atoms with Gasteiger partial charge in [0.15, 0.2) is 0 Å². The molecule has 0 saturated carbocycles. The molecule has 27 heavy (non-hydrogen) atoms. The first-order chi connectivity index (χ1) is 12.8. The molecule has 144 valence electrons. The van der Waals surface area contributed by atoms with Crippen LogP contribution in [-0.4, -0.2) is 31.7 Å². The van der Waals surface area contributed by atoms with Gasteiger partial charge in [-0.1, -0.05) is 29.7 Å². The molecule has 0 spiro atoms. The van der Waals surface area contributed by atoms with E-state index in [1.54, 1.807) is 29.4 Å². The Hall–Kier alpha value is -2.18. The molecule has 0 radical (unpaired) electrons. The molecule has 0 bridgehead atoms. The van der Waals surface area contributed by atoms with E-state index in [0.29, 0.717) is 29.9 Å². The Bertz CT molecular complexity index is 941. The third-order valence-electron chi connectivity index (χ3n) is 4.86. The van der Waals surface area contributed by atoms with Gasteiger partial charge in [-0.05, 0) is 63.4 Å². The average molecular weight is 387 g/mol. The fraction of sp³-hybridized carbons (Fsp3) is 0.381. The van der Waals surface area contributed by atoms with Crippen LogP contribution in [-0.2, 0) is 10.0 Å². The van der Waals surface area contributed by atoms with Gasteiger partial charge in [-0.3, -0.25) is 4.79 Å². The van der Waals surface area contributed by atoms with Gasteiger partial charge in [0.05, 0.1) is 4.90 Å². The molecule has 0 aliphatic carbocycles. The van der Waals surface area contributed by atoms with Gasteiger partial charge >= 0.3 is 0 Å². The van der Waals surface area contributed by atoms with Crippen molar-refractivity contribution in [3.63, 3.8) is 0 Å². The quantitative estimate of drug-likeness (QED) is 0.862. The Morgan fingerprint density at radius 2 is 1.56 bits per heavy atom. The predicted octanol–water partition coefficient (Wildman–Crippen LogP) is 4.04. The average Bonchev–Trinajstić information content (AvgIpc) is 2.63. The zero-order valence-electron chi connectivity index (χ0n) is 16.1. The zero-order chi connectivity index (χ0) is 19.6. The van der Waals surface area contributed by atoms with Crippen LogP contribution in [0, 0.1) is 20.8 Å². The van der Waals surface area contributed by atoms with Crippen LogP contribution in [0.5, 0.6) is 0 Å². The number of amides is 1. The van der Waals surface area contributed by atoms with Crippen molar-refractivity contribution in [2.24, 2.45) is 0 Å². The Kier molecular flexibility index (Phi) is 5.67. The van der Waals surface area contributed by atoms with Gasteiger partial charge in [-0.2, -0.15) is 4.31 Å². The summed E-state index contributed by atoms with van der Waals surface area (Å²) in [7, 11) is -3.55. The van der Waals surface area contributed by atoms with E-state index >= 15 is 0 Å². The van der Waals surface area contributed by atoms with Crippen molar-refractivity contribution in [2.75, 3.05) is 18.4 Å². The van der Waals surface area contributed by atoms with E-state index in [1.165, 1.54) is 0 Å². The lowest BCUT2D eigenvalue weighted by Crippen LogP contribution is -2.36. The molecule has 6 heteroatoms. The molecule has 1 aliphatic rings. The standard InChI is InChI=1S/C21H26N2O3S/c1-15-11-16(2)13-18(12-15)21(24)22-19-8-7-17(3)20(14-19)27(25,26)23-9-5-4-6-10-23/h7-8,11-14H,4-6,9-10H2,1-3H3,(H,22,24). The molecule has 1 aliphatic heterocycles. The fourth-order valence-corrected chi connectivity index (χ4v) is 5.28. The van der Waals surface area contributed by atoms with Gasteiger partial charge < -0.3 is 5.32 Å². The maximum atomic E-state index is 13.0. The number of aryl methyl sites for hydroxylation is 3. The van der Waals surface area contributed by atoms with Crippen molar-refractivity contribution < 1.29 is 13.2 Å². The van der Waals surface area contributed by atoms with E-state index in [9.17, 15) is 13.2 Å². The molecule has 1 saturated heterocycles. The molecule has 0 atom stereocenters. The number of piperidine rings is 1. The highest BCUT2D eigenvalue weighted by molar-refractivity contribution is 7.89. The third-order valence-corrected chi connectivity index (χ3v) is 6.90. The lowest BCUT2D eigenvalue weighted by Gasteiger charge is -2.26. The number of nitrogens with zero attached hydrogens (tertiary/aromatic N) is 1. The number of carbonyl (C=O) groups excluding carboxylic acids is 1. The first-order valence-corrected chi connectivity index (χ1v) is 10.7. The zero-order valence-corrected chi connectivity index (χ0v) is 16.9. The SMILES string of the molecule is Cc1cc(C)cc(C(=O)Nc2ccc(C)c(S(=O)(=O)N3CCCCC3)c2)c1. The highest BCUT2D eigenvalue weighted by Gasteiger charge is 2.27. The van der Waals surface area contributed by atoms with Crippen molar-refractivity contribution in [2.45, 2.75) is 44.9 Å². The lowest BCUT2D eigenvalue weighted by molar-refractivity contribution is 0.102. The second kappa shape index (κ2) is 7.82. The summed E-state index contributed by atoms with van der Waals surface area (Å²) in [4.78, 5) is 12.9. The molecule has 1 heterocycles. The Balaban J connectivity index is 1.87. The van der Waals surface area contributed by atoms with Crippen molar-refractivity contribution in [1.29, 1.82) is 0 Å². The van der Waals surface area contributed by atoms with E-state index in [0.717, 1.165) is 30.4 Å². The monoisotopic (exact) mass is 386 g/mol. The third kappa shape index (κ3) is 4.39. The molecular formula is C21H26N2O3S. The Labute approximate surface area is 161 Å². The number of hydrogen-bond acceptors (Lipinski definition) is 3. The molecule has 2 aromatic rings. The second-order valence-electron chi connectivity index (χ2n) is 7.28. The van der Waals surface area contributed by atoms with Crippen molar-refractivity contribution in [1.82, 2.24) is 4.31 Å². The summed E-state index contributed by atoms with van der Waals surface area (Å²) in [5, 5.41) is 2.83. The largest absolute Gasteiger partial charge is 0.322 e. The summed E-state index contributed by atoms with van der Waals surface area (Å²) in [6, 6.07) is 10.7. The van der Waals surface area contributed by atoms with Crippen LogP contribution in [0.3, 0.4) is 0 Å². The number of anilines is 1. The van der Waals surface area contributed by atoms with Crippen LogP contribution in [0.1, 0.15) is 46.3 Å². The van der Waals surface area contributed by atoms with E-state index in [1.807, 2.05) is 32.0 Å². The Morgan fingerprint density at radius 3 is 2.19 bits per heavy atom. The summed E-state index contributed by atoms with van der Waals surface area (Å²) in [5.74, 6) is -0.244. The summed E-state index contributed by atoms with van der Waals surface area (Å²) >= 11 is 0. The van der Waals surface area contributed by atoms with Gasteiger partial charge in [0, 0.05) is 24.3 Å². The van der Waals surface area contributed by atoms with Crippen LogP contribution in [0.4, 0.5) is 5.69 Å². The molecule has 3 rings (SSSR count). The number of hydrogen-bond donors (Lipinski definition) is 1. The number of benzene rings is 2. The van der Waals surface area contributed by atoms with Gasteiger partial charge in [0.25, 0.3) is 5.91 Å². The van der Waals surface area contributed by atoms with Crippen LogP contribution in [0.25, 0.3) is 0 Å². The predicted molar refractivity (Wildman–Crippen MR) is 108 cm³/mol. The maximum absolute atomic E-state index is 13.0. The van der Waals surface area contributed by atoms with Gasteiger partial charge in [0.2, 0.25) is 10.0 Å². The fourth-order valence-electron chi connectivity index (χ4n) is 3.51. The second-order valence-corrected chi connectivity index (χ2v) is 9.18. The van der Waals surface area contributed by atoms with Crippen molar-refractivity contribution in [3.05, 3.63) is 58.7 Å². The summed E-state index contributed by atoms with van der Waals surface area (Å²) in [6.45, 7) is 6.78. The highest BCUT2D eigenvalue weighted by atomic mass is 32.2. The summed E-state index contributed by atoms with van der Waals surface area (Å²) in [6.07, 6.45) is 2.85. The first kappa shape index (κ1) is 19.6. The number of sulfonamides is 1. The number of nitrogens with one attached hydrogen (secondary N) is 1. The van der Waals surface area contributed by atoms with Crippen LogP contribution < -0.4 is 5.32 Å². The molecule has 2 aromatic carbocycles. The minimum atomic E-state index is -3.55. The Morgan fingerprint density at radius 1 is 0.926 bits per heavy atom. The van der Waals surface area contributed by atoms with Crippen LogP contribution in [0.2, 0.25) is 0 Å². The smallest absolute Gasteiger partial charge is 0.255 e. The molecule has 0 unspecified atom stereocenters. The lowest BCUT2D eigenvalue weighted by atomic mass is 10.1. The topological polar surface area (TPSA) is 66.5 Å². The van der Waals surface area contributed by atoms with Crippen molar-refractivity contribution in [3.8, 4) is 0 Å². The van der Waals surface area contributed by atoms with Gasteiger partial charge in [-0.15, -0.1) is 0 Å². The van der Waals surface area contributed by atoms with Crippen LogP contribution >= 0.6 is 0 Å². The van der Waals surface area contributed by atoms with E-state index < -0.39 is 10.0 Å². The number of carbonyl (C=O) groups is 1. The molecule has 1 N–H and O–H groups in total. The van der Waals surface area contributed by atoms with Gasteiger partial charge in [0.1, 0.15) is 0 Å².